The van der Waals surface area contributed by atoms with Gasteiger partial charge in [0.15, 0.2) is 17.3 Å². The zero-order valence-corrected chi connectivity index (χ0v) is 7.83. The van der Waals surface area contributed by atoms with E-state index >= 15 is 0 Å². The van der Waals surface area contributed by atoms with Crippen LogP contribution in [0.3, 0.4) is 0 Å². The monoisotopic (exact) mass is 196 g/mol. The van der Waals surface area contributed by atoms with Gasteiger partial charge < -0.3 is 4.74 Å². The summed E-state index contributed by atoms with van der Waals surface area (Å²) < 4.78 is 18.1. The maximum absolute atomic E-state index is 13.4. The van der Waals surface area contributed by atoms with E-state index in [-0.39, 0.29) is 16.9 Å². The first kappa shape index (κ1) is 10.4. The van der Waals surface area contributed by atoms with Gasteiger partial charge in [-0.05, 0) is 19.1 Å². The topological polar surface area (TPSA) is 43.4 Å². The standard InChI is InChI=1S/C10H9FO3/c1-6(13)8-3-7(5-12)4-9(14-2)10(8)11/h3-5H,1-2H3. The Kier molecular flexibility index (Phi) is 2.96. The van der Waals surface area contributed by atoms with Crippen LogP contribution < -0.4 is 4.74 Å². The third-order valence-corrected chi connectivity index (χ3v) is 1.80. The van der Waals surface area contributed by atoms with Crippen molar-refractivity contribution in [3.05, 3.63) is 29.1 Å². The van der Waals surface area contributed by atoms with E-state index in [0.717, 1.165) is 0 Å². The van der Waals surface area contributed by atoms with Crippen LogP contribution in [0.25, 0.3) is 0 Å². The Morgan fingerprint density at radius 2 is 2.14 bits per heavy atom. The third-order valence-electron chi connectivity index (χ3n) is 1.80. The molecule has 4 heteroatoms. The molecule has 0 aliphatic heterocycles. The third kappa shape index (κ3) is 1.79. The van der Waals surface area contributed by atoms with Crippen LogP contribution in [0.1, 0.15) is 27.6 Å². The lowest BCUT2D eigenvalue weighted by Crippen LogP contribution is -2.01. The van der Waals surface area contributed by atoms with Gasteiger partial charge in [-0.1, -0.05) is 0 Å². The molecule has 0 amide bonds. The molecule has 0 saturated heterocycles. The summed E-state index contributed by atoms with van der Waals surface area (Å²) in [7, 11) is 1.27. The van der Waals surface area contributed by atoms with Crippen LogP contribution in [0, 0.1) is 5.82 Å². The Balaban J connectivity index is 3.41. The van der Waals surface area contributed by atoms with Gasteiger partial charge in [-0.15, -0.1) is 0 Å². The lowest BCUT2D eigenvalue weighted by atomic mass is 10.1. The Hall–Kier alpha value is -1.71. The molecule has 0 aliphatic rings. The Labute approximate surface area is 80.5 Å². The number of hydrogen-bond donors (Lipinski definition) is 0. The molecule has 0 atom stereocenters. The molecule has 3 nitrogen and oxygen atoms in total. The van der Waals surface area contributed by atoms with Gasteiger partial charge in [0.1, 0.15) is 6.29 Å². The van der Waals surface area contributed by atoms with Gasteiger partial charge in [-0.3, -0.25) is 9.59 Å². The number of benzene rings is 1. The zero-order valence-electron chi connectivity index (χ0n) is 7.83. The minimum Gasteiger partial charge on any atom is -0.494 e. The van der Waals surface area contributed by atoms with Crippen molar-refractivity contribution in [2.75, 3.05) is 7.11 Å². The van der Waals surface area contributed by atoms with Crippen LogP contribution in [0.2, 0.25) is 0 Å². The van der Waals surface area contributed by atoms with Crippen molar-refractivity contribution in [1.82, 2.24) is 0 Å². The van der Waals surface area contributed by atoms with Gasteiger partial charge in [0.25, 0.3) is 0 Å². The summed E-state index contributed by atoms with van der Waals surface area (Å²) in [5.74, 6) is -1.27. The normalized spacial score (nSPS) is 9.64. The van der Waals surface area contributed by atoms with Crippen molar-refractivity contribution >= 4 is 12.1 Å². The van der Waals surface area contributed by atoms with Gasteiger partial charge in [-0.2, -0.15) is 0 Å². The number of carbonyl (C=O) groups excluding carboxylic acids is 2. The van der Waals surface area contributed by atoms with Crippen molar-refractivity contribution in [3.63, 3.8) is 0 Å². The van der Waals surface area contributed by atoms with E-state index in [0.29, 0.717) is 6.29 Å². The molecular weight excluding hydrogens is 187 g/mol. The van der Waals surface area contributed by atoms with Gasteiger partial charge in [0, 0.05) is 5.56 Å². The van der Waals surface area contributed by atoms with Crippen LogP contribution >= 0.6 is 0 Å². The highest BCUT2D eigenvalue weighted by molar-refractivity contribution is 5.96. The van der Waals surface area contributed by atoms with E-state index in [1.54, 1.807) is 0 Å². The lowest BCUT2D eigenvalue weighted by molar-refractivity contribution is 0.101. The maximum Gasteiger partial charge on any atom is 0.175 e. The number of Topliss-reactive ketones (excluding diaryl/α,β-unsaturated/α-hetero) is 1. The number of halogens is 1. The molecule has 14 heavy (non-hydrogen) atoms. The van der Waals surface area contributed by atoms with Crippen LogP contribution in [-0.4, -0.2) is 19.2 Å². The average molecular weight is 196 g/mol. The number of ketones is 1. The van der Waals surface area contributed by atoms with E-state index in [4.69, 9.17) is 4.74 Å². The zero-order chi connectivity index (χ0) is 10.7. The summed E-state index contributed by atoms with van der Waals surface area (Å²) in [6.07, 6.45) is 0.536. The van der Waals surface area contributed by atoms with Crippen LogP contribution in [0.15, 0.2) is 12.1 Å². The van der Waals surface area contributed by atoms with Crippen molar-refractivity contribution in [1.29, 1.82) is 0 Å². The molecule has 1 aromatic rings. The predicted molar refractivity (Wildman–Crippen MR) is 48.3 cm³/mol. The van der Waals surface area contributed by atoms with Gasteiger partial charge in [-0.25, -0.2) is 4.39 Å². The molecule has 1 rings (SSSR count). The number of aldehydes is 1. The number of carbonyl (C=O) groups is 2. The summed E-state index contributed by atoms with van der Waals surface area (Å²) in [5.41, 5.74) is 0.0832. The number of rotatable bonds is 3. The largest absolute Gasteiger partial charge is 0.494 e. The molecule has 0 bridgehead atoms. The highest BCUT2D eigenvalue weighted by Gasteiger charge is 2.14. The van der Waals surface area contributed by atoms with Crippen molar-refractivity contribution in [3.8, 4) is 5.75 Å². The molecule has 0 fully saturated rings. The molecule has 0 heterocycles. The van der Waals surface area contributed by atoms with Crippen LogP contribution in [-0.2, 0) is 0 Å². The molecule has 0 aromatic heterocycles. The summed E-state index contributed by atoms with van der Waals surface area (Å²) in [5, 5.41) is 0. The SMILES string of the molecule is COc1cc(C=O)cc(C(C)=O)c1F. The smallest absolute Gasteiger partial charge is 0.175 e. The van der Waals surface area contributed by atoms with Gasteiger partial charge in [0.2, 0.25) is 0 Å². The second-order valence-corrected chi connectivity index (χ2v) is 2.76. The number of methoxy groups -OCH3 is 1. The maximum atomic E-state index is 13.4. The molecule has 74 valence electrons. The first-order valence-electron chi connectivity index (χ1n) is 3.93. The average Bonchev–Trinajstić information content (AvgIpc) is 2.17. The quantitative estimate of drug-likeness (QED) is 0.547. The number of hydrogen-bond acceptors (Lipinski definition) is 3. The molecule has 1 aromatic carbocycles. The fourth-order valence-electron chi connectivity index (χ4n) is 1.09. The van der Waals surface area contributed by atoms with E-state index in [1.165, 1.54) is 26.2 Å². The van der Waals surface area contributed by atoms with Crippen LogP contribution in [0.5, 0.6) is 5.75 Å². The highest BCUT2D eigenvalue weighted by Crippen LogP contribution is 2.22. The van der Waals surface area contributed by atoms with Crippen molar-refractivity contribution in [2.45, 2.75) is 6.92 Å². The second-order valence-electron chi connectivity index (χ2n) is 2.76. The Morgan fingerprint density at radius 3 is 2.57 bits per heavy atom. The van der Waals surface area contributed by atoms with Crippen LogP contribution in [0.4, 0.5) is 4.39 Å². The molecule has 0 unspecified atom stereocenters. The molecule has 0 N–H and O–H groups in total. The molecule has 0 radical (unpaired) electrons. The van der Waals surface area contributed by atoms with E-state index in [1.807, 2.05) is 0 Å². The molecule has 0 aliphatic carbocycles. The van der Waals surface area contributed by atoms with Crippen molar-refractivity contribution in [2.24, 2.45) is 0 Å². The molecule has 0 saturated carbocycles. The van der Waals surface area contributed by atoms with Gasteiger partial charge >= 0.3 is 0 Å². The second kappa shape index (κ2) is 4.00. The summed E-state index contributed by atoms with van der Waals surface area (Å²) >= 11 is 0. The number of ether oxygens (including phenoxy) is 1. The van der Waals surface area contributed by atoms with Gasteiger partial charge in [0.05, 0.1) is 12.7 Å². The summed E-state index contributed by atoms with van der Waals surface area (Å²) in [4.78, 5) is 21.5. The minimum atomic E-state index is -0.731. The minimum absolute atomic E-state index is 0.0974. The Morgan fingerprint density at radius 1 is 1.50 bits per heavy atom. The Bertz CT molecular complexity index is 385. The summed E-state index contributed by atoms with van der Waals surface area (Å²) in [6.45, 7) is 1.23. The van der Waals surface area contributed by atoms with E-state index in [9.17, 15) is 14.0 Å². The van der Waals surface area contributed by atoms with E-state index < -0.39 is 11.6 Å². The predicted octanol–water partition coefficient (Wildman–Crippen LogP) is 1.85. The first-order chi connectivity index (χ1) is 6.60. The first-order valence-corrected chi connectivity index (χ1v) is 3.93. The summed E-state index contributed by atoms with van der Waals surface area (Å²) in [6, 6.07) is 2.45. The fraction of sp³-hybridized carbons (Fsp3) is 0.200. The highest BCUT2D eigenvalue weighted by atomic mass is 19.1. The van der Waals surface area contributed by atoms with Crippen molar-refractivity contribution < 1.29 is 18.7 Å². The van der Waals surface area contributed by atoms with E-state index in [2.05, 4.69) is 0 Å². The molecular formula is C10H9FO3. The fourth-order valence-corrected chi connectivity index (χ4v) is 1.09. The molecule has 0 spiro atoms. The lowest BCUT2D eigenvalue weighted by Gasteiger charge is -2.05.